The molecule has 1 amide bonds. The average molecular weight is 343 g/mol. The molecule has 3 rings (SSSR count). The van der Waals surface area contributed by atoms with Crippen molar-refractivity contribution in [3.63, 3.8) is 0 Å². The van der Waals surface area contributed by atoms with Crippen LogP contribution in [0.1, 0.15) is 51.0 Å². The predicted octanol–water partition coefficient (Wildman–Crippen LogP) is 2.41. The van der Waals surface area contributed by atoms with Gasteiger partial charge in [0.2, 0.25) is 0 Å². The summed E-state index contributed by atoms with van der Waals surface area (Å²) in [4.78, 5) is 30.7. The summed E-state index contributed by atoms with van der Waals surface area (Å²) in [5.74, 6) is -0.194. The van der Waals surface area contributed by atoms with E-state index in [2.05, 4.69) is 4.98 Å². The number of carbonyl (C=O) groups excluding carboxylic acids is 1. The Bertz CT molecular complexity index is 828. The van der Waals surface area contributed by atoms with Gasteiger partial charge in [-0.25, -0.2) is 9.78 Å². The van der Waals surface area contributed by atoms with E-state index in [1.807, 2.05) is 17.8 Å². The van der Waals surface area contributed by atoms with Crippen LogP contribution in [0.25, 0.3) is 0 Å². The van der Waals surface area contributed by atoms with Crippen molar-refractivity contribution in [3.05, 3.63) is 47.0 Å². The fourth-order valence-electron chi connectivity index (χ4n) is 3.38. The summed E-state index contributed by atoms with van der Waals surface area (Å²) in [5, 5.41) is 9.38. The molecule has 1 N–H and O–H groups in total. The number of carboxylic acids is 1. The van der Waals surface area contributed by atoms with Crippen LogP contribution in [0.5, 0.6) is 5.75 Å². The number of carbonyl (C=O) groups is 2. The average Bonchev–Trinajstić information content (AvgIpc) is 3.21. The highest BCUT2D eigenvalue weighted by Gasteiger charge is 2.34. The monoisotopic (exact) mass is 343 g/mol. The van der Waals surface area contributed by atoms with Crippen LogP contribution in [0.3, 0.4) is 0 Å². The SMILES string of the molecule is COc1cc(C)c(C(=O)N2CCCC2c2nccn2C)cc1C(=O)O. The molecule has 25 heavy (non-hydrogen) atoms. The van der Waals surface area contributed by atoms with Crippen molar-refractivity contribution >= 4 is 11.9 Å². The number of methoxy groups -OCH3 is 1. The lowest BCUT2D eigenvalue weighted by Crippen LogP contribution is -2.32. The Kier molecular flexibility index (Phi) is 4.48. The Morgan fingerprint density at radius 2 is 2.08 bits per heavy atom. The Labute approximate surface area is 145 Å². The zero-order chi connectivity index (χ0) is 18.1. The number of amides is 1. The maximum absolute atomic E-state index is 13.1. The fraction of sp³-hybridized carbons (Fsp3) is 0.389. The van der Waals surface area contributed by atoms with Gasteiger partial charge in [0, 0.05) is 31.5 Å². The van der Waals surface area contributed by atoms with Crippen LogP contribution in [-0.4, -0.2) is 45.1 Å². The molecular weight excluding hydrogens is 322 g/mol. The second-order valence-electron chi connectivity index (χ2n) is 6.23. The lowest BCUT2D eigenvalue weighted by molar-refractivity contribution is 0.0693. The number of benzene rings is 1. The van der Waals surface area contributed by atoms with Gasteiger partial charge in [0.05, 0.1) is 13.2 Å². The molecule has 1 unspecified atom stereocenters. The summed E-state index contributed by atoms with van der Waals surface area (Å²) in [6.45, 7) is 2.41. The third kappa shape index (κ3) is 2.97. The van der Waals surface area contributed by atoms with Crippen molar-refractivity contribution in [2.75, 3.05) is 13.7 Å². The first-order chi connectivity index (χ1) is 11.9. The summed E-state index contributed by atoms with van der Waals surface area (Å²) in [6, 6.07) is 2.91. The van der Waals surface area contributed by atoms with Crippen LogP contribution in [0, 0.1) is 6.92 Å². The zero-order valence-electron chi connectivity index (χ0n) is 14.5. The number of imidazole rings is 1. The number of aromatic nitrogens is 2. The minimum atomic E-state index is -1.12. The summed E-state index contributed by atoms with van der Waals surface area (Å²) in [5.41, 5.74) is 1.07. The van der Waals surface area contributed by atoms with E-state index in [1.54, 1.807) is 24.1 Å². The van der Waals surface area contributed by atoms with E-state index in [1.165, 1.54) is 13.2 Å². The molecule has 0 radical (unpaired) electrons. The van der Waals surface area contributed by atoms with Crippen LogP contribution < -0.4 is 4.74 Å². The standard InChI is InChI=1S/C18H21N3O4/c1-11-9-15(25-3)13(18(23)24)10-12(11)17(22)21-7-4-5-14(21)16-19-6-8-20(16)2/h6,8-10,14H,4-5,7H2,1-3H3,(H,23,24). The molecule has 0 spiro atoms. The molecule has 1 aliphatic rings. The number of hydrogen-bond acceptors (Lipinski definition) is 4. The normalized spacial score (nSPS) is 16.9. The number of nitrogens with zero attached hydrogens (tertiary/aromatic N) is 3. The number of ether oxygens (including phenoxy) is 1. The Morgan fingerprint density at radius 1 is 1.32 bits per heavy atom. The fourth-order valence-corrected chi connectivity index (χ4v) is 3.38. The van der Waals surface area contributed by atoms with Gasteiger partial charge in [-0.15, -0.1) is 0 Å². The second kappa shape index (κ2) is 6.58. The molecule has 1 aromatic heterocycles. The van der Waals surface area contributed by atoms with Crippen molar-refractivity contribution < 1.29 is 19.4 Å². The van der Waals surface area contributed by atoms with Crippen LogP contribution in [0.15, 0.2) is 24.5 Å². The largest absolute Gasteiger partial charge is 0.496 e. The first-order valence-electron chi connectivity index (χ1n) is 8.14. The highest BCUT2D eigenvalue weighted by atomic mass is 16.5. The molecule has 1 fully saturated rings. The van der Waals surface area contributed by atoms with Crippen LogP contribution in [-0.2, 0) is 7.05 Å². The van der Waals surface area contributed by atoms with Crippen LogP contribution >= 0.6 is 0 Å². The van der Waals surface area contributed by atoms with Crippen LogP contribution in [0.2, 0.25) is 0 Å². The highest BCUT2D eigenvalue weighted by molar-refractivity contribution is 6.00. The first kappa shape index (κ1) is 17.0. The molecule has 1 atom stereocenters. The van der Waals surface area contributed by atoms with Gasteiger partial charge in [-0.1, -0.05) is 0 Å². The molecule has 7 heteroatoms. The van der Waals surface area contributed by atoms with Gasteiger partial charge in [-0.3, -0.25) is 4.79 Å². The molecule has 2 heterocycles. The van der Waals surface area contributed by atoms with E-state index < -0.39 is 5.97 Å². The number of aryl methyl sites for hydroxylation is 2. The van der Waals surface area contributed by atoms with Gasteiger partial charge in [0.1, 0.15) is 17.1 Å². The van der Waals surface area contributed by atoms with Crippen molar-refractivity contribution in [1.82, 2.24) is 14.5 Å². The van der Waals surface area contributed by atoms with Gasteiger partial charge >= 0.3 is 5.97 Å². The summed E-state index contributed by atoms with van der Waals surface area (Å²) >= 11 is 0. The maximum atomic E-state index is 13.1. The third-order valence-electron chi connectivity index (χ3n) is 4.68. The topological polar surface area (TPSA) is 84.7 Å². The summed E-state index contributed by atoms with van der Waals surface area (Å²) in [6.07, 6.45) is 5.32. The lowest BCUT2D eigenvalue weighted by Gasteiger charge is -2.25. The van der Waals surface area contributed by atoms with Crippen LogP contribution in [0.4, 0.5) is 0 Å². The number of hydrogen-bond donors (Lipinski definition) is 1. The quantitative estimate of drug-likeness (QED) is 0.921. The molecule has 2 aromatic rings. The van der Waals surface area contributed by atoms with Gasteiger partial charge < -0.3 is 19.3 Å². The van der Waals surface area contributed by atoms with E-state index in [0.29, 0.717) is 17.7 Å². The Hall–Kier alpha value is -2.83. The molecule has 132 valence electrons. The molecule has 1 aromatic carbocycles. The van der Waals surface area contributed by atoms with Gasteiger partial charge in [-0.2, -0.15) is 0 Å². The van der Waals surface area contributed by atoms with E-state index in [4.69, 9.17) is 4.74 Å². The zero-order valence-corrected chi connectivity index (χ0v) is 14.5. The van der Waals surface area contributed by atoms with Crippen molar-refractivity contribution in [1.29, 1.82) is 0 Å². The molecule has 0 aliphatic carbocycles. The minimum absolute atomic E-state index is 0.0100. The van der Waals surface area contributed by atoms with Gasteiger partial charge in [0.25, 0.3) is 5.91 Å². The highest BCUT2D eigenvalue weighted by Crippen LogP contribution is 2.33. The number of aromatic carboxylic acids is 1. The molecule has 0 saturated carbocycles. The second-order valence-corrected chi connectivity index (χ2v) is 6.23. The van der Waals surface area contributed by atoms with Crippen molar-refractivity contribution in [2.45, 2.75) is 25.8 Å². The summed E-state index contributed by atoms with van der Waals surface area (Å²) in [7, 11) is 3.32. The Morgan fingerprint density at radius 3 is 2.68 bits per heavy atom. The summed E-state index contributed by atoms with van der Waals surface area (Å²) < 4.78 is 7.04. The molecular formula is C18H21N3O4. The first-order valence-corrected chi connectivity index (χ1v) is 8.14. The van der Waals surface area contributed by atoms with E-state index in [-0.39, 0.29) is 23.3 Å². The molecule has 1 saturated heterocycles. The number of carboxylic acid groups (broad SMARTS) is 1. The minimum Gasteiger partial charge on any atom is -0.496 e. The van der Waals surface area contributed by atoms with Crippen molar-refractivity contribution in [3.8, 4) is 5.75 Å². The van der Waals surface area contributed by atoms with E-state index in [9.17, 15) is 14.7 Å². The van der Waals surface area contributed by atoms with E-state index in [0.717, 1.165) is 18.7 Å². The number of rotatable bonds is 4. The third-order valence-corrected chi connectivity index (χ3v) is 4.68. The van der Waals surface area contributed by atoms with Crippen molar-refractivity contribution in [2.24, 2.45) is 7.05 Å². The van der Waals surface area contributed by atoms with Gasteiger partial charge in [0.15, 0.2) is 0 Å². The molecule has 0 bridgehead atoms. The molecule has 7 nitrogen and oxygen atoms in total. The van der Waals surface area contributed by atoms with E-state index >= 15 is 0 Å². The maximum Gasteiger partial charge on any atom is 0.339 e. The van der Waals surface area contributed by atoms with Gasteiger partial charge in [-0.05, 0) is 37.5 Å². The predicted molar refractivity (Wildman–Crippen MR) is 90.9 cm³/mol. The molecule has 1 aliphatic heterocycles. The Balaban J connectivity index is 1.99. The number of likely N-dealkylation sites (tertiary alicyclic amines) is 1. The smallest absolute Gasteiger partial charge is 0.339 e. The lowest BCUT2D eigenvalue weighted by atomic mass is 10.0.